The van der Waals surface area contributed by atoms with E-state index in [9.17, 15) is 18.0 Å². The van der Waals surface area contributed by atoms with Crippen molar-refractivity contribution >= 4 is 21.7 Å². The molecule has 4 aromatic rings. The number of ether oxygens (including phenoxy) is 2. The van der Waals surface area contributed by atoms with Crippen molar-refractivity contribution in [1.29, 1.82) is 0 Å². The van der Waals surface area contributed by atoms with Gasteiger partial charge in [-0.3, -0.25) is 4.79 Å². The highest BCUT2D eigenvalue weighted by molar-refractivity contribution is 7.91. The van der Waals surface area contributed by atoms with E-state index in [2.05, 4.69) is 5.32 Å². The van der Waals surface area contributed by atoms with Crippen molar-refractivity contribution in [2.75, 3.05) is 7.05 Å². The van der Waals surface area contributed by atoms with Gasteiger partial charge >= 0.3 is 5.97 Å². The van der Waals surface area contributed by atoms with Crippen molar-refractivity contribution in [2.45, 2.75) is 16.4 Å². The van der Waals surface area contributed by atoms with E-state index in [1.165, 1.54) is 55.6 Å². The third kappa shape index (κ3) is 5.79. The van der Waals surface area contributed by atoms with Crippen LogP contribution in [0.2, 0.25) is 0 Å². The van der Waals surface area contributed by atoms with Crippen LogP contribution in [-0.2, 0) is 16.4 Å². The molecular formula is C28H23NO6S. The summed E-state index contributed by atoms with van der Waals surface area (Å²) in [6.45, 7) is 0.378. The second-order valence-electron chi connectivity index (χ2n) is 7.77. The van der Waals surface area contributed by atoms with Crippen LogP contribution in [0.25, 0.3) is 0 Å². The number of sulfone groups is 1. The van der Waals surface area contributed by atoms with Crippen LogP contribution in [0.15, 0.2) is 113 Å². The minimum absolute atomic E-state index is 0.0573. The Morgan fingerprint density at radius 2 is 1.31 bits per heavy atom. The highest BCUT2D eigenvalue weighted by Gasteiger charge is 2.18. The Morgan fingerprint density at radius 1 is 0.722 bits per heavy atom. The number of nitrogens with one attached hydrogen (secondary N) is 1. The quantitative estimate of drug-likeness (QED) is 0.278. The van der Waals surface area contributed by atoms with Gasteiger partial charge in [-0.2, -0.15) is 0 Å². The molecule has 0 saturated heterocycles. The fourth-order valence-electron chi connectivity index (χ4n) is 3.38. The summed E-state index contributed by atoms with van der Waals surface area (Å²) in [5.74, 6) is -0.257. The van der Waals surface area contributed by atoms with Gasteiger partial charge in [-0.1, -0.05) is 36.4 Å². The predicted molar refractivity (Wildman–Crippen MR) is 134 cm³/mol. The molecule has 0 radical (unpaired) electrons. The summed E-state index contributed by atoms with van der Waals surface area (Å²) in [6, 6.07) is 27.5. The molecule has 0 aliphatic carbocycles. The summed E-state index contributed by atoms with van der Waals surface area (Å²) >= 11 is 0. The Kier molecular flexibility index (Phi) is 7.46. The van der Waals surface area contributed by atoms with Crippen molar-refractivity contribution in [3.63, 3.8) is 0 Å². The van der Waals surface area contributed by atoms with E-state index in [1.807, 2.05) is 30.3 Å². The summed E-state index contributed by atoms with van der Waals surface area (Å²) in [6.07, 6.45) is 0. The largest absolute Gasteiger partial charge is 0.489 e. The van der Waals surface area contributed by atoms with Gasteiger partial charge in [0, 0.05) is 12.6 Å². The van der Waals surface area contributed by atoms with Crippen LogP contribution < -0.4 is 14.8 Å². The van der Waals surface area contributed by atoms with Gasteiger partial charge in [0.25, 0.3) is 5.91 Å². The van der Waals surface area contributed by atoms with E-state index < -0.39 is 15.8 Å². The standard InChI is InChI=1S/C28H23NO6S/c1-29-27(30)21-8-5-9-22(18-21)28(31)35-24-12-16-26(17-13-24)36(32,33)25-14-10-23(11-15-25)34-19-20-6-3-2-4-7-20/h2-18H,19H2,1H3,(H,29,30). The summed E-state index contributed by atoms with van der Waals surface area (Å²) in [5.41, 5.74) is 1.53. The van der Waals surface area contributed by atoms with Crippen LogP contribution in [0.1, 0.15) is 26.3 Å². The average Bonchev–Trinajstić information content (AvgIpc) is 2.92. The maximum atomic E-state index is 13.0. The molecule has 0 heterocycles. The zero-order chi connectivity index (χ0) is 25.5. The Balaban J connectivity index is 1.42. The fraction of sp³-hybridized carbons (Fsp3) is 0.0714. The van der Waals surface area contributed by atoms with Crippen molar-refractivity contribution < 1.29 is 27.5 Å². The molecule has 0 fully saturated rings. The second kappa shape index (κ2) is 10.9. The van der Waals surface area contributed by atoms with Crippen molar-refractivity contribution in [3.8, 4) is 11.5 Å². The van der Waals surface area contributed by atoms with E-state index in [1.54, 1.807) is 24.3 Å². The SMILES string of the molecule is CNC(=O)c1cccc(C(=O)Oc2ccc(S(=O)(=O)c3ccc(OCc4ccccc4)cc3)cc2)c1. The Hall–Kier alpha value is -4.43. The van der Waals surface area contributed by atoms with Gasteiger partial charge in [0.1, 0.15) is 18.1 Å². The molecule has 4 aromatic carbocycles. The number of carbonyl (C=O) groups excluding carboxylic acids is 2. The lowest BCUT2D eigenvalue weighted by atomic mass is 10.1. The third-order valence-corrected chi connectivity index (χ3v) is 7.10. The van der Waals surface area contributed by atoms with E-state index >= 15 is 0 Å². The number of rotatable bonds is 8. The number of hydrogen-bond donors (Lipinski definition) is 1. The lowest BCUT2D eigenvalue weighted by Gasteiger charge is -2.09. The van der Waals surface area contributed by atoms with Gasteiger partial charge in [-0.15, -0.1) is 0 Å². The summed E-state index contributed by atoms with van der Waals surface area (Å²) in [4.78, 5) is 24.4. The van der Waals surface area contributed by atoms with Gasteiger partial charge in [0.05, 0.1) is 15.4 Å². The first kappa shape index (κ1) is 24.7. The molecule has 0 aliphatic heterocycles. The molecule has 1 N–H and O–H groups in total. The fourth-order valence-corrected chi connectivity index (χ4v) is 4.64. The molecule has 0 spiro atoms. The molecule has 0 aromatic heterocycles. The minimum Gasteiger partial charge on any atom is -0.489 e. The first-order valence-electron chi connectivity index (χ1n) is 11.0. The molecule has 182 valence electrons. The van der Waals surface area contributed by atoms with E-state index in [0.717, 1.165) is 5.56 Å². The number of esters is 1. The van der Waals surface area contributed by atoms with Crippen molar-refractivity contribution in [2.24, 2.45) is 0 Å². The van der Waals surface area contributed by atoms with Crippen LogP contribution in [0.5, 0.6) is 11.5 Å². The van der Waals surface area contributed by atoms with Gasteiger partial charge in [0.2, 0.25) is 9.84 Å². The van der Waals surface area contributed by atoms with Crippen LogP contribution in [0.3, 0.4) is 0 Å². The molecular weight excluding hydrogens is 478 g/mol. The Labute approximate surface area is 209 Å². The number of benzene rings is 4. The summed E-state index contributed by atoms with van der Waals surface area (Å²) in [5, 5.41) is 2.49. The smallest absolute Gasteiger partial charge is 0.343 e. The van der Waals surface area contributed by atoms with Gasteiger partial charge in [0.15, 0.2) is 0 Å². The van der Waals surface area contributed by atoms with Crippen molar-refractivity contribution in [1.82, 2.24) is 5.32 Å². The second-order valence-corrected chi connectivity index (χ2v) is 9.72. The molecule has 0 unspecified atom stereocenters. The maximum absolute atomic E-state index is 13.0. The lowest BCUT2D eigenvalue weighted by molar-refractivity contribution is 0.0734. The summed E-state index contributed by atoms with van der Waals surface area (Å²) < 4.78 is 37.1. The summed E-state index contributed by atoms with van der Waals surface area (Å²) in [7, 11) is -2.28. The zero-order valence-corrected chi connectivity index (χ0v) is 20.2. The topological polar surface area (TPSA) is 98.8 Å². The maximum Gasteiger partial charge on any atom is 0.343 e. The number of amides is 1. The molecule has 1 amide bonds. The van der Waals surface area contributed by atoms with E-state index in [-0.39, 0.29) is 27.0 Å². The average molecular weight is 502 g/mol. The number of hydrogen-bond acceptors (Lipinski definition) is 6. The molecule has 8 heteroatoms. The van der Waals surface area contributed by atoms with E-state index in [0.29, 0.717) is 17.9 Å². The lowest BCUT2D eigenvalue weighted by Crippen LogP contribution is -2.18. The molecule has 7 nitrogen and oxygen atoms in total. The van der Waals surface area contributed by atoms with Gasteiger partial charge in [-0.05, 0) is 72.3 Å². The highest BCUT2D eigenvalue weighted by Crippen LogP contribution is 2.25. The molecule has 0 atom stereocenters. The first-order valence-corrected chi connectivity index (χ1v) is 12.5. The van der Waals surface area contributed by atoms with Crippen molar-refractivity contribution in [3.05, 3.63) is 120 Å². The third-order valence-electron chi connectivity index (χ3n) is 5.31. The molecule has 4 rings (SSSR count). The van der Waals surface area contributed by atoms with Crippen LogP contribution in [-0.4, -0.2) is 27.3 Å². The minimum atomic E-state index is -3.78. The molecule has 0 aliphatic rings. The first-order chi connectivity index (χ1) is 17.4. The Morgan fingerprint density at radius 3 is 1.92 bits per heavy atom. The van der Waals surface area contributed by atoms with Gasteiger partial charge in [-0.25, -0.2) is 13.2 Å². The highest BCUT2D eigenvalue weighted by atomic mass is 32.2. The zero-order valence-electron chi connectivity index (χ0n) is 19.4. The van der Waals surface area contributed by atoms with Crippen LogP contribution >= 0.6 is 0 Å². The van der Waals surface area contributed by atoms with E-state index in [4.69, 9.17) is 9.47 Å². The molecule has 36 heavy (non-hydrogen) atoms. The number of carbonyl (C=O) groups is 2. The normalized spacial score (nSPS) is 10.9. The molecule has 0 bridgehead atoms. The molecule has 0 saturated carbocycles. The van der Waals surface area contributed by atoms with Crippen LogP contribution in [0.4, 0.5) is 0 Å². The predicted octanol–water partition coefficient (Wildman–Crippen LogP) is 4.68. The van der Waals surface area contributed by atoms with Gasteiger partial charge < -0.3 is 14.8 Å². The monoisotopic (exact) mass is 501 g/mol. The Bertz CT molecular complexity index is 1460. The van der Waals surface area contributed by atoms with Crippen LogP contribution in [0, 0.1) is 0 Å².